The lowest BCUT2D eigenvalue weighted by atomic mass is 9.90. The van der Waals surface area contributed by atoms with E-state index in [4.69, 9.17) is 0 Å². The molecule has 0 fully saturated rings. The highest BCUT2D eigenvalue weighted by atomic mass is 79.9. The first-order valence-electron chi connectivity index (χ1n) is 6.39. The zero-order chi connectivity index (χ0) is 14.2. The van der Waals surface area contributed by atoms with Gasteiger partial charge in [0.1, 0.15) is 5.60 Å². The first kappa shape index (κ1) is 14.3. The lowest BCUT2D eigenvalue weighted by Gasteiger charge is -2.26. The van der Waals surface area contributed by atoms with Crippen LogP contribution in [-0.4, -0.2) is 14.9 Å². The standard InChI is InChI=1S/C15H19BrN2O/c1-5-18-14(13(16)9-17-18)15(4,19)12-7-6-10(2)11(3)8-12/h6-9,19H,5H2,1-4H3. The van der Waals surface area contributed by atoms with Crippen LogP contribution in [0.1, 0.15) is 36.2 Å². The van der Waals surface area contributed by atoms with Gasteiger partial charge in [0.05, 0.1) is 16.4 Å². The Kier molecular flexibility index (Phi) is 3.83. The number of benzene rings is 1. The van der Waals surface area contributed by atoms with Crippen LogP contribution in [0.5, 0.6) is 0 Å². The highest BCUT2D eigenvalue weighted by Gasteiger charge is 2.32. The smallest absolute Gasteiger partial charge is 0.129 e. The summed E-state index contributed by atoms with van der Waals surface area (Å²) in [7, 11) is 0. The Hall–Kier alpha value is -1.13. The Bertz CT molecular complexity index is 602. The molecule has 1 unspecified atom stereocenters. The van der Waals surface area contributed by atoms with Crippen molar-refractivity contribution in [2.45, 2.75) is 39.8 Å². The molecule has 1 aromatic heterocycles. The van der Waals surface area contributed by atoms with Crippen molar-refractivity contribution in [2.75, 3.05) is 0 Å². The molecule has 0 bridgehead atoms. The predicted molar refractivity (Wildman–Crippen MR) is 80.2 cm³/mol. The van der Waals surface area contributed by atoms with Crippen LogP contribution in [-0.2, 0) is 12.1 Å². The number of aromatic nitrogens is 2. The SMILES string of the molecule is CCn1ncc(Br)c1C(C)(O)c1ccc(C)c(C)c1. The van der Waals surface area contributed by atoms with Crippen molar-refractivity contribution in [3.05, 3.63) is 51.3 Å². The minimum atomic E-state index is -1.07. The minimum Gasteiger partial charge on any atom is -0.379 e. The number of aliphatic hydroxyl groups is 1. The molecule has 19 heavy (non-hydrogen) atoms. The quantitative estimate of drug-likeness (QED) is 0.938. The van der Waals surface area contributed by atoms with E-state index in [9.17, 15) is 5.11 Å². The van der Waals surface area contributed by atoms with Crippen LogP contribution in [0.3, 0.4) is 0 Å². The van der Waals surface area contributed by atoms with E-state index < -0.39 is 5.60 Å². The number of aryl methyl sites for hydroxylation is 3. The van der Waals surface area contributed by atoms with E-state index >= 15 is 0 Å². The van der Waals surface area contributed by atoms with Gasteiger partial charge in [-0.15, -0.1) is 0 Å². The average Bonchev–Trinajstić information content (AvgIpc) is 2.74. The Balaban J connectivity index is 2.57. The van der Waals surface area contributed by atoms with Crippen LogP contribution in [0.25, 0.3) is 0 Å². The van der Waals surface area contributed by atoms with E-state index in [0.717, 1.165) is 22.3 Å². The molecule has 0 aliphatic heterocycles. The molecule has 2 aromatic rings. The van der Waals surface area contributed by atoms with E-state index in [-0.39, 0.29) is 0 Å². The van der Waals surface area contributed by atoms with Gasteiger partial charge in [-0.25, -0.2) is 0 Å². The lowest BCUT2D eigenvalue weighted by Crippen LogP contribution is -2.27. The molecule has 1 heterocycles. The molecule has 4 heteroatoms. The van der Waals surface area contributed by atoms with Crippen LogP contribution in [0.2, 0.25) is 0 Å². The second kappa shape index (κ2) is 5.10. The van der Waals surface area contributed by atoms with Crippen LogP contribution >= 0.6 is 15.9 Å². The largest absolute Gasteiger partial charge is 0.379 e. The van der Waals surface area contributed by atoms with Gasteiger partial charge in [-0.2, -0.15) is 5.10 Å². The summed E-state index contributed by atoms with van der Waals surface area (Å²) < 4.78 is 2.65. The van der Waals surface area contributed by atoms with Crippen molar-refractivity contribution in [1.82, 2.24) is 9.78 Å². The van der Waals surface area contributed by atoms with Gasteiger partial charge in [-0.3, -0.25) is 4.68 Å². The third-order valence-electron chi connectivity index (χ3n) is 3.62. The third kappa shape index (κ3) is 2.47. The molecule has 0 saturated carbocycles. The Labute approximate surface area is 122 Å². The maximum absolute atomic E-state index is 11.0. The van der Waals surface area contributed by atoms with Crippen LogP contribution in [0.4, 0.5) is 0 Å². The first-order valence-corrected chi connectivity index (χ1v) is 7.19. The van der Waals surface area contributed by atoms with E-state index in [1.54, 1.807) is 6.20 Å². The van der Waals surface area contributed by atoms with E-state index in [1.807, 2.05) is 36.7 Å². The van der Waals surface area contributed by atoms with Gasteiger partial charge in [-0.1, -0.05) is 18.2 Å². The summed E-state index contributed by atoms with van der Waals surface area (Å²) in [5.41, 5.74) is 3.01. The van der Waals surface area contributed by atoms with Gasteiger partial charge in [0.15, 0.2) is 0 Å². The molecule has 0 amide bonds. The third-order valence-corrected chi connectivity index (χ3v) is 4.20. The van der Waals surface area contributed by atoms with Gasteiger partial charge >= 0.3 is 0 Å². The second-order valence-corrected chi connectivity index (χ2v) is 5.88. The van der Waals surface area contributed by atoms with Crippen molar-refractivity contribution in [1.29, 1.82) is 0 Å². The van der Waals surface area contributed by atoms with Crippen LogP contribution in [0.15, 0.2) is 28.9 Å². The number of hydrogen-bond acceptors (Lipinski definition) is 2. The summed E-state index contributed by atoms with van der Waals surface area (Å²) in [6, 6.07) is 6.05. The summed E-state index contributed by atoms with van der Waals surface area (Å²) in [6.07, 6.45) is 1.73. The van der Waals surface area contributed by atoms with Gasteiger partial charge in [0, 0.05) is 6.54 Å². The molecule has 1 aromatic carbocycles. The summed E-state index contributed by atoms with van der Waals surface area (Å²) >= 11 is 3.48. The fraction of sp³-hybridized carbons (Fsp3) is 0.400. The van der Waals surface area contributed by atoms with E-state index in [2.05, 4.69) is 34.9 Å². The van der Waals surface area contributed by atoms with Gasteiger partial charge in [-0.05, 0) is 60.3 Å². The van der Waals surface area contributed by atoms with Crippen molar-refractivity contribution >= 4 is 15.9 Å². The zero-order valence-corrected chi connectivity index (χ0v) is 13.3. The molecule has 3 nitrogen and oxygen atoms in total. The summed E-state index contributed by atoms with van der Waals surface area (Å²) in [5, 5.41) is 15.2. The number of rotatable bonds is 3. The number of nitrogens with zero attached hydrogens (tertiary/aromatic N) is 2. The second-order valence-electron chi connectivity index (χ2n) is 5.03. The highest BCUT2D eigenvalue weighted by Crippen LogP contribution is 2.34. The molecule has 2 rings (SSSR count). The molecular formula is C15H19BrN2O. The Morgan fingerprint density at radius 1 is 1.32 bits per heavy atom. The van der Waals surface area contributed by atoms with Crippen molar-refractivity contribution < 1.29 is 5.11 Å². The maximum Gasteiger partial charge on any atom is 0.129 e. The first-order chi connectivity index (χ1) is 8.87. The van der Waals surface area contributed by atoms with Crippen molar-refractivity contribution in [2.24, 2.45) is 0 Å². The van der Waals surface area contributed by atoms with E-state index in [1.165, 1.54) is 11.1 Å². The van der Waals surface area contributed by atoms with Crippen LogP contribution < -0.4 is 0 Å². The van der Waals surface area contributed by atoms with Crippen molar-refractivity contribution in [3.8, 4) is 0 Å². The average molecular weight is 323 g/mol. The Morgan fingerprint density at radius 2 is 2.00 bits per heavy atom. The molecule has 1 N–H and O–H groups in total. The maximum atomic E-state index is 11.0. The van der Waals surface area contributed by atoms with E-state index in [0.29, 0.717) is 0 Å². The molecule has 0 radical (unpaired) electrons. The lowest BCUT2D eigenvalue weighted by molar-refractivity contribution is 0.0909. The molecule has 0 saturated heterocycles. The highest BCUT2D eigenvalue weighted by molar-refractivity contribution is 9.10. The van der Waals surface area contributed by atoms with Crippen LogP contribution in [0, 0.1) is 13.8 Å². The molecule has 0 aliphatic carbocycles. The normalized spacial score (nSPS) is 14.4. The number of hydrogen-bond donors (Lipinski definition) is 1. The topological polar surface area (TPSA) is 38.0 Å². The molecule has 0 aliphatic rings. The zero-order valence-electron chi connectivity index (χ0n) is 11.7. The summed E-state index contributed by atoms with van der Waals surface area (Å²) in [6.45, 7) is 8.67. The minimum absolute atomic E-state index is 0.724. The molecular weight excluding hydrogens is 304 g/mol. The summed E-state index contributed by atoms with van der Waals surface area (Å²) in [4.78, 5) is 0. The van der Waals surface area contributed by atoms with Gasteiger partial charge in [0.25, 0.3) is 0 Å². The van der Waals surface area contributed by atoms with Gasteiger partial charge < -0.3 is 5.11 Å². The monoisotopic (exact) mass is 322 g/mol. The summed E-state index contributed by atoms with van der Waals surface area (Å²) in [5.74, 6) is 0. The fourth-order valence-corrected chi connectivity index (χ4v) is 2.95. The predicted octanol–water partition coefficient (Wildman–Crippen LogP) is 3.54. The molecule has 0 spiro atoms. The number of halogens is 1. The Morgan fingerprint density at radius 3 is 2.58 bits per heavy atom. The molecule has 1 atom stereocenters. The fourth-order valence-electron chi connectivity index (χ4n) is 2.27. The van der Waals surface area contributed by atoms with Crippen molar-refractivity contribution in [3.63, 3.8) is 0 Å². The molecule has 102 valence electrons. The van der Waals surface area contributed by atoms with Gasteiger partial charge in [0.2, 0.25) is 0 Å².